The molecule has 1 aromatic heterocycles. The van der Waals surface area contributed by atoms with Gasteiger partial charge in [0.1, 0.15) is 4.90 Å². The Kier molecular flexibility index (Phi) is 5.74. The number of aliphatic hydroxyl groups excluding tert-OH is 1. The van der Waals surface area contributed by atoms with Crippen molar-refractivity contribution in [2.24, 2.45) is 5.92 Å². The minimum Gasteiger partial charge on any atom is -0.396 e. The molecule has 0 saturated carbocycles. The van der Waals surface area contributed by atoms with Gasteiger partial charge in [-0.3, -0.25) is 4.68 Å². The van der Waals surface area contributed by atoms with Crippen LogP contribution in [0.4, 0.5) is 0 Å². The van der Waals surface area contributed by atoms with Crippen molar-refractivity contribution in [1.82, 2.24) is 14.1 Å². The van der Waals surface area contributed by atoms with Crippen molar-refractivity contribution in [1.29, 1.82) is 0 Å². The minimum absolute atomic E-state index is 0.0644. The zero-order valence-corrected chi connectivity index (χ0v) is 13.1. The number of nitrogens with zero attached hydrogens (tertiary/aromatic N) is 3. The maximum absolute atomic E-state index is 12.5. The van der Waals surface area contributed by atoms with E-state index >= 15 is 0 Å². The van der Waals surface area contributed by atoms with Gasteiger partial charge in [-0.1, -0.05) is 0 Å². The Bertz CT molecular complexity index is 535. The van der Waals surface area contributed by atoms with Crippen LogP contribution in [0.15, 0.2) is 17.3 Å². The molecule has 0 aliphatic carbocycles. The number of hydrogen-bond donors (Lipinski definition) is 1. The molecule has 0 spiro atoms. The lowest BCUT2D eigenvalue weighted by atomic mass is 9.99. The van der Waals surface area contributed by atoms with Gasteiger partial charge < -0.3 is 9.84 Å². The van der Waals surface area contributed by atoms with Gasteiger partial charge in [0.25, 0.3) is 0 Å². The number of aliphatic hydroxyl groups is 1. The van der Waals surface area contributed by atoms with Gasteiger partial charge in [0, 0.05) is 46.2 Å². The second kappa shape index (κ2) is 7.35. The van der Waals surface area contributed by atoms with E-state index in [1.54, 1.807) is 11.8 Å². The third-order valence-electron chi connectivity index (χ3n) is 3.77. The predicted molar refractivity (Wildman–Crippen MR) is 77.3 cm³/mol. The average molecular weight is 317 g/mol. The van der Waals surface area contributed by atoms with Crippen molar-refractivity contribution < 1.29 is 18.3 Å². The van der Waals surface area contributed by atoms with Crippen LogP contribution in [-0.4, -0.2) is 61.0 Å². The summed E-state index contributed by atoms with van der Waals surface area (Å²) in [5, 5.41) is 12.8. The first-order valence-electron chi connectivity index (χ1n) is 7.20. The van der Waals surface area contributed by atoms with Gasteiger partial charge in [-0.15, -0.1) is 0 Å². The van der Waals surface area contributed by atoms with E-state index in [1.165, 1.54) is 16.7 Å². The number of rotatable bonds is 7. The van der Waals surface area contributed by atoms with Gasteiger partial charge in [0.15, 0.2) is 0 Å². The second-order valence-corrected chi connectivity index (χ2v) is 7.26. The Balaban J connectivity index is 2.00. The first kappa shape index (κ1) is 16.4. The lowest BCUT2D eigenvalue weighted by Gasteiger charge is -2.30. The minimum atomic E-state index is -3.46. The van der Waals surface area contributed by atoms with Crippen molar-refractivity contribution >= 4 is 10.0 Å². The largest absolute Gasteiger partial charge is 0.396 e. The first-order valence-corrected chi connectivity index (χ1v) is 8.64. The van der Waals surface area contributed by atoms with E-state index in [4.69, 9.17) is 9.84 Å². The Morgan fingerprint density at radius 2 is 2.14 bits per heavy atom. The number of hydrogen-bond acceptors (Lipinski definition) is 5. The summed E-state index contributed by atoms with van der Waals surface area (Å²) in [6.45, 7) is 2.32. The molecule has 1 aliphatic heterocycles. The van der Waals surface area contributed by atoms with E-state index in [0.717, 1.165) is 12.8 Å². The maximum Gasteiger partial charge on any atom is 0.246 e. The summed E-state index contributed by atoms with van der Waals surface area (Å²) in [5.41, 5.74) is 0. The fourth-order valence-electron chi connectivity index (χ4n) is 2.53. The zero-order valence-electron chi connectivity index (χ0n) is 12.3. The SMILES string of the molecule is COCC1CCN(S(=O)(=O)c2cnn(CCCO)c2)CC1. The second-order valence-electron chi connectivity index (χ2n) is 5.32. The van der Waals surface area contributed by atoms with Gasteiger partial charge in [0.05, 0.1) is 6.20 Å². The van der Waals surface area contributed by atoms with E-state index in [9.17, 15) is 8.42 Å². The van der Waals surface area contributed by atoms with Gasteiger partial charge in [0.2, 0.25) is 10.0 Å². The lowest BCUT2D eigenvalue weighted by Crippen LogP contribution is -2.39. The predicted octanol–water partition coefficient (Wildman–Crippen LogP) is 0.313. The first-order chi connectivity index (χ1) is 10.1. The summed E-state index contributed by atoms with van der Waals surface area (Å²) in [7, 11) is -1.79. The number of aryl methyl sites for hydroxylation is 1. The summed E-state index contributed by atoms with van der Waals surface area (Å²) in [5.74, 6) is 0.439. The highest BCUT2D eigenvalue weighted by Gasteiger charge is 2.30. The number of ether oxygens (including phenoxy) is 1. The summed E-state index contributed by atoms with van der Waals surface area (Å²) in [6.07, 6.45) is 5.13. The van der Waals surface area contributed by atoms with E-state index in [0.29, 0.717) is 38.6 Å². The smallest absolute Gasteiger partial charge is 0.246 e. The fraction of sp³-hybridized carbons (Fsp3) is 0.769. The molecule has 0 bridgehead atoms. The summed E-state index contributed by atoms with van der Waals surface area (Å²) in [4.78, 5) is 0.227. The lowest BCUT2D eigenvalue weighted by molar-refractivity contribution is 0.121. The van der Waals surface area contributed by atoms with Gasteiger partial charge in [-0.05, 0) is 25.2 Å². The van der Waals surface area contributed by atoms with Gasteiger partial charge >= 0.3 is 0 Å². The third-order valence-corrected chi connectivity index (χ3v) is 5.62. The van der Waals surface area contributed by atoms with Crippen molar-refractivity contribution in [3.05, 3.63) is 12.4 Å². The van der Waals surface area contributed by atoms with Crippen LogP contribution in [-0.2, 0) is 21.3 Å². The molecule has 7 nitrogen and oxygen atoms in total. The molecule has 1 N–H and O–H groups in total. The summed E-state index contributed by atoms with van der Waals surface area (Å²) >= 11 is 0. The van der Waals surface area contributed by atoms with Gasteiger partial charge in [-0.2, -0.15) is 9.40 Å². The summed E-state index contributed by atoms with van der Waals surface area (Å²) in [6, 6.07) is 0. The number of piperidine rings is 1. The van der Waals surface area contributed by atoms with E-state index in [1.807, 2.05) is 0 Å². The maximum atomic E-state index is 12.5. The van der Waals surface area contributed by atoms with Crippen LogP contribution in [0.1, 0.15) is 19.3 Å². The van der Waals surface area contributed by atoms with E-state index in [-0.39, 0.29) is 11.5 Å². The molecule has 0 radical (unpaired) electrons. The molecule has 1 saturated heterocycles. The van der Waals surface area contributed by atoms with Gasteiger partial charge in [-0.25, -0.2) is 8.42 Å². The highest BCUT2D eigenvalue weighted by molar-refractivity contribution is 7.89. The molecule has 1 aliphatic rings. The monoisotopic (exact) mass is 317 g/mol. The molecule has 120 valence electrons. The molecule has 2 rings (SSSR count). The van der Waals surface area contributed by atoms with Crippen LogP contribution >= 0.6 is 0 Å². The van der Waals surface area contributed by atoms with Crippen LogP contribution in [0.5, 0.6) is 0 Å². The molecule has 1 aromatic rings. The molecule has 21 heavy (non-hydrogen) atoms. The van der Waals surface area contributed by atoms with Crippen LogP contribution < -0.4 is 0 Å². The van der Waals surface area contributed by atoms with Crippen molar-refractivity contribution in [2.45, 2.75) is 30.7 Å². The number of methoxy groups -OCH3 is 1. The molecule has 1 fully saturated rings. The van der Waals surface area contributed by atoms with Crippen molar-refractivity contribution in [3.63, 3.8) is 0 Å². The Morgan fingerprint density at radius 3 is 2.76 bits per heavy atom. The molecule has 0 unspecified atom stereocenters. The van der Waals surface area contributed by atoms with E-state index < -0.39 is 10.0 Å². The topological polar surface area (TPSA) is 84.7 Å². The summed E-state index contributed by atoms with van der Waals surface area (Å²) < 4.78 is 33.3. The van der Waals surface area contributed by atoms with Crippen LogP contribution in [0, 0.1) is 5.92 Å². The Hall–Kier alpha value is -0.960. The molecule has 0 atom stereocenters. The van der Waals surface area contributed by atoms with Crippen molar-refractivity contribution in [2.75, 3.05) is 33.4 Å². The third kappa shape index (κ3) is 4.03. The Labute approximate surface area is 125 Å². The molecule has 2 heterocycles. The van der Waals surface area contributed by atoms with Crippen LogP contribution in [0.2, 0.25) is 0 Å². The molecule has 8 heteroatoms. The zero-order chi connectivity index (χ0) is 15.3. The van der Waals surface area contributed by atoms with Crippen LogP contribution in [0.3, 0.4) is 0 Å². The number of sulfonamides is 1. The molecular formula is C13H23N3O4S. The Morgan fingerprint density at radius 1 is 1.43 bits per heavy atom. The molecule has 0 amide bonds. The average Bonchev–Trinajstić information content (AvgIpc) is 2.96. The molecule has 0 aromatic carbocycles. The highest BCUT2D eigenvalue weighted by atomic mass is 32.2. The molecular weight excluding hydrogens is 294 g/mol. The van der Waals surface area contributed by atoms with Crippen LogP contribution in [0.25, 0.3) is 0 Å². The normalized spacial score (nSPS) is 18.2. The highest BCUT2D eigenvalue weighted by Crippen LogP contribution is 2.23. The quantitative estimate of drug-likeness (QED) is 0.782. The fourth-order valence-corrected chi connectivity index (χ4v) is 3.96. The standard InChI is InChI=1S/C13H23N3O4S/c1-20-11-12-3-6-16(7-4-12)21(18,19)13-9-14-15(10-13)5-2-8-17/h9-10,12,17H,2-8,11H2,1H3. The van der Waals surface area contributed by atoms with E-state index in [2.05, 4.69) is 5.10 Å². The number of aromatic nitrogens is 2. The van der Waals surface area contributed by atoms with Crippen molar-refractivity contribution in [3.8, 4) is 0 Å².